The minimum atomic E-state index is -0.552. The van der Waals surface area contributed by atoms with Gasteiger partial charge in [-0.05, 0) is 43.3 Å². The van der Waals surface area contributed by atoms with Gasteiger partial charge in [-0.3, -0.25) is 19.1 Å². The van der Waals surface area contributed by atoms with Crippen LogP contribution in [0.3, 0.4) is 0 Å². The van der Waals surface area contributed by atoms with Crippen LogP contribution in [0.1, 0.15) is 21.6 Å². The molecule has 0 atom stereocenters. The summed E-state index contributed by atoms with van der Waals surface area (Å²) in [4.78, 5) is 35.4. The molecule has 6 nitrogen and oxygen atoms in total. The number of para-hydroxylation sites is 1. The number of pyridine rings is 3. The van der Waals surface area contributed by atoms with E-state index < -0.39 is 17.3 Å². The summed E-state index contributed by atoms with van der Waals surface area (Å²) < 4.78 is 15.7. The largest absolute Gasteiger partial charge is 0.321 e. The van der Waals surface area contributed by atoms with E-state index in [-0.39, 0.29) is 12.1 Å². The standard InChI is InChI=1S/C26H19FN4O2/c1-16-13-23(19-9-3-5-11-22(19)29-16)30-25(32)20-14-17-8-6-12-28-24(17)31(26(20)33)15-18-7-2-4-10-21(18)27/h2-14H,15H2,1H3,(H,29,30,32). The molecule has 0 unspecified atom stereocenters. The van der Waals surface area contributed by atoms with Gasteiger partial charge in [-0.2, -0.15) is 0 Å². The van der Waals surface area contributed by atoms with Gasteiger partial charge in [-0.15, -0.1) is 0 Å². The second-order valence-electron chi connectivity index (χ2n) is 7.74. The number of rotatable bonds is 4. The Kier molecular flexibility index (Phi) is 5.14. The molecule has 162 valence electrons. The predicted octanol–water partition coefficient (Wildman–Crippen LogP) is 4.69. The quantitative estimate of drug-likeness (QED) is 0.442. The van der Waals surface area contributed by atoms with Crippen LogP contribution < -0.4 is 10.9 Å². The Morgan fingerprint density at radius 1 is 1.03 bits per heavy atom. The van der Waals surface area contributed by atoms with Crippen molar-refractivity contribution in [2.45, 2.75) is 13.5 Å². The van der Waals surface area contributed by atoms with Crippen LogP contribution in [0.25, 0.3) is 21.9 Å². The molecule has 0 radical (unpaired) electrons. The molecule has 3 heterocycles. The molecule has 0 aliphatic rings. The van der Waals surface area contributed by atoms with Gasteiger partial charge >= 0.3 is 0 Å². The highest BCUT2D eigenvalue weighted by atomic mass is 19.1. The third-order valence-electron chi connectivity index (χ3n) is 5.47. The van der Waals surface area contributed by atoms with Gasteiger partial charge in [0.1, 0.15) is 17.0 Å². The zero-order chi connectivity index (χ0) is 22.9. The van der Waals surface area contributed by atoms with Gasteiger partial charge in [0.25, 0.3) is 11.5 Å². The van der Waals surface area contributed by atoms with Crippen molar-refractivity contribution in [1.29, 1.82) is 0 Å². The molecule has 1 amide bonds. The lowest BCUT2D eigenvalue weighted by atomic mass is 10.1. The average molecular weight is 438 g/mol. The molecule has 0 saturated heterocycles. The number of hydrogen-bond donors (Lipinski definition) is 1. The number of benzene rings is 2. The summed E-state index contributed by atoms with van der Waals surface area (Å²) in [5, 5.41) is 4.24. The Labute approximate surface area is 188 Å². The maximum atomic E-state index is 14.3. The van der Waals surface area contributed by atoms with Crippen LogP contribution in [0.4, 0.5) is 10.1 Å². The number of nitrogens with one attached hydrogen (secondary N) is 1. The zero-order valence-electron chi connectivity index (χ0n) is 17.7. The highest BCUT2D eigenvalue weighted by Gasteiger charge is 2.18. The van der Waals surface area contributed by atoms with Gasteiger partial charge in [0.2, 0.25) is 0 Å². The first kappa shape index (κ1) is 20.5. The molecule has 0 fully saturated rings. The second kappa shape index (κ2) is 8.27. The molecule has 2 aromatic carbocycles. The molecule has 0 bridgehead atoms. The number of amides is 1. The van der Waals surface area contributed by atoms with Gasteiger partial charge in [0, 0.05) is 28.2 Å². The lowest BCUT2D eigenvalue weighted by molar-refractivity contribution is 0.102. The molecule has 3 aromatic heterocycles. The number of nitrogens with zero attached hydrogens (tertiary/aromatic N) is 3. The maximum absolute atomic E-state index is 14.3. The number of carbonyl (C=O) groups excluding carboxylic acids is 1. The summed E-state index contributed by atoms with van der Waals surface area (Å²) >= 11 is 0. The third-order valence-corrected chi connectivity index (χ3v) is 5.47. The van der Waals surface area contributed by atoms with Crippen LogP contribution >= 0.6 is 0 Å². The molecule has 5 rings (SSSR count). The van der Waals surface area contributed by atoms with Crippen LogP contribution in [0.15, 0.2) is 83.8 Å². The summed E-state index contributed by atoms with van der Waals surface area (Å²) in [7, 11) is 0. The maximum Gasteiger partial charge on any atom is 0.265 e. The van der Waals surface area contributed by atoms with E-state index in [2.05, 4.69) is 15.3 Å². The SMILES string of the molecule is Cc1cc(NC(=O)c2cc3cccnc3n(Cc3ccccc3F)c2=O)c2ccccc2n1. The summed E-state index contributed by atoms with van der Waals surface area (Å²) in [6.07, 6.45) is 1.56. The molecule has 0 spiro atoms. The van der Waals surface area contributed by atoms with Gasteiger partial charge in [-0.25, -0.2) is 9.37 Å². The van der Waals surface area contributed by atoms with Crippen LogP contribution in [0, 0.1) is 12.7 Å². The van der Waals surface area contributed by atoms with Crippen molar-refractivity contribution < 1.29 is 9.18 Å². The smallest absolute Gasteiger partial charge is 0.265 e. The van der Waals surface area contributed by atoms with E-state index in [4.69, 9.17) is 0 Å². The fourth-order valence-electron chi connectivity index (χ4n) is 3.91. The fraction of sp³-hybridized carbons (Fsp3) is 0.0769. The van der Waals surface area contributed by atoms with Crippen molar-refractivity contribution in [2.24, 2.45) is 0 Å². The lowest BCUT2D eigenvalue weighted by Crippen LogP contribution is -2.30. The first-order valence-corrected chi connectivity index (χ1v) is 10.4. The Hall–Kier alpha value is -4.39. The van der Waals surface area contributed by atoms with E-state index in [1.54, 1.807) is 42.6 Å². The zero-order valence-corrected chi connectivity index (χ0v) is 17.7. The van der Waals surface area contributed by atoms with Crippen LogP contribution in [0.2, 0.25) is 0 Å². The fourth-order valence-corrected chi connectivity index (χ4v) is 3.91. The van der Waals surface area contributed by atoms with Crippen molar-refractivity contribution in [2.75, 3.05) is 5.32 Å². The van der Waals surface area contributed by atoms with Gasteiger partial charge < -0.3 is 5.32 Å². The van der Waals surface area contributed by atoms with E-state index in [9.17, 15) is 14.0 Å². The molecular formula is C26H19FN4O2. The lowest BCUT2D eigenvalue weighted by Gasteiger charge is -2.14. The summed E-state index contributed by atoms with van der Waals surface area (Å²) in [6.45, 7) is 1.79. The third kappa shape index (κ3) is 3.85. The number of aromatic nitrogens is 3. The Morgan fingerprint density at radius 3 is 2.67 bits per heavy atom. The summed E-state index contributed by atoms with van der Waals surface area (Å²) in [6, 6.07) is 20.5. The molecule has 5 aromatic rings. The normalized spacial score (nSPS) is 11.1. The molecule has 1 N–H and O–H groups in total. The molecule has 33 heavy (non-hydrogen) atoms. The van der Waals surface area contributed by atoms with E-state index in [1.165, 1.54) is 16.7 Å². The van der Waals surface area contributed by atoms with Crippen LogP contribution in [-0.2, 0) is 6.54 Å². The first-order valence-electron chi connectivity index (χ1n) is 10.4. The highest BCUT2D eigenvalue weighted by Crippen LogP contribution is 2.24. The van der Waals surface area contributed by atoms with Gasteiger partial charge in [0.05, 0.1) is 17.7 Å². The van der Waals surface area contributed by atoms with Crippen molar-refractivity contribution in [3.63, 3.8) is 0 Å². The monoisotopic (exact) mass is 438 g/mol. The van der Waals surface area contributed by atoms with Crippen molar-refractivity contribution in [1.82, 2.24) is 14.5 Å². The Morgan fingerprint density at radius 2 is 1.82 bits per heavy atom. The number of hydrogen-bond acceptors (Lipinski definition) is 4. The first-order chi connectivity index (χ1) is 16.0. The van der Waals surface area contributed by atoms with Gasteiger partial charge in [0.15, 0.2) is 0 Å². The number of fused-ring (bicyclic) bond motifs is 2. The molecule has 0 aliphatic heterocycles. The highest BCUT2D eigenvalue weighted by molar-refractivity contribution is 6.09. The van der Waals surface area contributed by atoms with E-state index in [1.807, 2.05) is 31.2 Å². The van der Waals surface area contributed by atoms with Gasteiger partial charge in [-0.1, -0.05) is 36.4 Å². The molecular weight excluding hydrogens is 419 g/mol. The number of carbonyl (C=O) groups is 1. The minimum absolute atomic E-state index is 0.0442. The predicted molar refractivity (Wildman–Crippen MR) is 126 cm³/mol. The van der Waals surface area contributed by atoms with Crippen LogP contribution in [-0.4, -0.2) is 20.4 Å². The second-order valence-corrected chi connectivity index (χ2v) is 7.74. The van der Waals surface area contributed by atoms with E-state index >= 15 is 0 Å². The van der Waals surface area contributed by atoms with Crippen LogP contribution in [0.5, 0.6) is 0 Å². The topological polar surface area (TPSA) is 76.9 Å². The van der Waals surface area contributed by atoms with Crippen molar-refractivity contribution in [3.05, 3.63) is 112 Å². The summed E-state index contributed by atoms with van der Waals surface area (Å²) in [5.74, 6) is -0.981. The van der Waals surface area contributed by atoms with Crippen molar-refractivity contribution in [3.8, 4) is 0 Å². The molecule has 7 heteroatoms. The average Bonchev–Trinajstić information content (AvgIpc) is 2.81. The van der Waals surface area contributed by atoms with E-state index in [0.29, 0.717) is 22.3 Å². The molecule has 0 saturated carbocycles. The number of halogens is 1. The number of aryl methyl sites for hydroxylation is 1. The summed E-state index contributed by atoms with van der Waals surface area (Å²) in [5.41, 5.74) is 2.17. The minimum Gasteiger partial charge on any atom is -0.321 e. The molecule has 0 aliphatic carbocycles. The Bertz CT molecular complexity index is 1590. The van der Waals surface area contributed by atoms with E-state index in [0.717, 1.165) is 16.6 Å². The van der Waals surface area contributed by atoms with Crippen molar-refractivity contribution >= 4 is 33.5 Å². The number of anilines is 1. The Balaban J connectivity index is 1.62.